The summed E-state index contributed by atoms with van der Waals surface area (Å²) in [7, 11) is 5.41. The number of rotatable bonds is 12. The van der Waals surface area contributed by atoms with Crippen molar-refractivity contribution in [2.75, 3.05) is 33.1 Å². The molecule has 0 spiro atoms. The Kier molecular flexibility index (Phi) is 9.37. The number of anilines is 1. The zero-order valence-electron chi connectivity index (χ0n) is 24.7. The van der Waals surface area contributed by atoms with E-state index in [4.69, 9.17) is 9.47 Å². The second-order valence-corrected chi connectivity index (χ2v) is 10.7. The van der Waals surface area contributed by atoms with Crippen LogP contribution in [0.2, 0.25) is 0 Å². The Balaban J connectivity index is 1.12. The molecule has 5 aromatic rings. The number of carbonyl (C=O) groups excluding carboxylic acids is 1. The average molecular weight is 582 g/mol. The highest BCUT2D eigenvalue weighted by Crippen LogP contribution is 2.28. The van der Waals surface area contributed by atoms with E-state index in [1.165, 1.54) is 23.3 Å². The molecule has 0 saturated carbocycles. The number of benzene rings is 4. The molecule has 0 aliphatic heterocycles. The van der Waals surface area contributed by atoms with Crippen LogP contribution in [-0.2, 0) is 13.0 Å². The molecule has 1 amide bonds. The fraction of sp³-hybridized carbons (Fsp3) is 0.257. The minimum Gasteiger partial charge on any atom is -0.493 e. The molecule has 0 fully saturated rings. The van der Waals surface area contributed by atoms with Crippen LogP contribution in [0, 0.1) is 5.82 Å². The number of halogens is 1. The predicted molar refractivity (Wildman–Crippen MR) is 170 cm³/mol. The third kappa shape index (κ3) is 6.87. The summed E-state index contributed by atoms with van der Waals surface area (Å²) in [5.74, 6) is 0.568. The molecule has 0 bridgehead atoms. The van der Waals surface area contributed by atoms with Crippen molar-refractivity contribution in [3.05, 3.63) is 112 Å². The molecule has 0 atom stereocenters. The largest absolute Gasteiger partial charge is 0.493 e. The maximum atomic E-state index is 14.4. The van der Waals surface area contributed by atoms with Crippen LogP contribution < -0.4 is 20.2 Å². The number of fused-ring (bicyclic) bond motifs is 2. The number of nitrogens with zero attached hydrogens (tertiary/aromatic N) is 1. The summed E-state index contributed by atoms with van der Waals surface area (Å²) in [6.45, 7) is 1.84. The van der Waals surface area contributed by atoms with E-state index < -0.39 is 5.82 Å². The van der Waals surface area contributed by atoms with E-state index >= 15 is 0 Å². The van der Waals surface area contributed by atoms with Gasteiger partial charge in [-0.25, -0.2) is 4.39 Å². The minimum atomic E-state index is -0.538. The molecule has 8 heteroatoms. The van der Waals surface area contributed by atoms with Gasteiger partial charge in [0.2, 0.25) is 0 Å². The zero-order chi connectivity index (χ0) is 30.3. The van der Waals surface area contributed by atoms with Crippen molar-refractivity contribution in [1.29, 1.82) is 0 Å². The van der Waals surface area contributed by atoms with Gasteiger partial charge >= 0.3 is 0 Å². The Morgan fingerprint density at radius 3 is 2.28 bits per heavy atom. The van der Waals surface area contributed by atoms with Gasteiger partial charge in [0.05, 0.1) is 30.8 Å². The van der Waals surface area contributed by atoms with Crippen LogP contribution in [0.5, 0.6) is 11.5 Å². The first-order chi connectivity index (χ1) is 20.9. The van der Waals surface area contributed by atoms with Crippen LogP contribution in [0.3, 0.4) is 0 Å². The van der Waals surface area contributed by atoms with E-state index in [0.29, 0.717) is 16.6 Å². The van der Waals surface area contributed by atoms with E-state index in [-0.39, 0.29) is 27.8 Å². The number of hydrogen-bond donors (Lipinski definition) is 2. The Hall–Kier alpha value is -4.69. The fourth-order valence-electron chi connectivity index (χ4n) is 5.39. The third-order valence-corrected chi connectivity index (χ3v) is 7.68. The summed E-state index contributed by atoms with van der Waals surface area (Å²) in [6.07, 6.45) is 4.24. The lowest BCUT2D eigenvalue weighted by molar-refractivity contribution is 0.102. The van der Waals surface area contributed by atoms with Gasteiger partial charge in [-0.15, -0.1) is 0 Å². The van der Waals surface area contributed by atoms with Gasteiger partial charge in [0, 0.05) is 23.0 Å². The highest BCUT2D eigenvalue weighted by atomic mass is 19.1. The third-order valence-electron chi connectivity index (χ3n) is 7.68. The van der Waals surface area contributed by atoms with Crippen molar-refractivity contribution in [1.82, 2.24) is 9.88 Å². The molecule has 1 heterocycles. The highest BCUT2D eigenvalue weighted by molar-refractivity contribution is 6.13. The number of pyridine rings is 1. The topological polar surface area (TPSA) is 83.7 Å². The summed E-state index contributed by atoms with van der Waals surface area (Å²) < 4.78 is 25.2. The number of aryl methyl sites for hydroxylation is 1. The van der Waals surface area contributed by atoms with E-state index in [0.717, 1.165) is 50.3 Å². The van der Waals surface area contributed by atoms with Crippen molar-refractivity contribution in [3.63, 3.8) is 0 Å². The number of H-pyrrole nitrogens is 1. The number of hydrogen-bond acceptors (Lipinski definition) is 5. The van der Waals surface area contributed by atoms with E-state index in [2.05, 4.69) is 28.3 Å². The SMILES string of the molecule is COc1ccc(CN(C)CCCCCc2ccc(NC(=O)c3cccc4c(=O)c5cccc(F)c5[nH]c34)cc2)cc1OC. The van der Waals surface area contributed by atoms with Gasteiger partial charge in [-0.3, -0.25) is 9.59 Å². The minimum absolute atomic E-state index is 0.0918. The molecule has 1 aromatic heterocycles. The van der Waals surface area contributed by atoms with Gasteiger partial charge in [-0.2, -0.15) is 0 Å². The van der Waals surface area contributed by atoms with Crippen LogP contribution >= 0.6 is 0 Å². The maximum Gasteiger partial charge on any atom is 0.257 e. The van der Waals surface area contributed by atoms with Gasteiger partial charge in [0.1, 0.15) is 5.82 Å². The van der Waals surface area contributed by atoms with Crippen molar-refractivity contribution in [2.24, 2.45) is 0 Å². The number of amides is 1. The lowest BCUT2D eigenvalue weighted by atomic mass is 10.0. The molecule has 0 saturated heterocycles. The van der Waals surface area contributed by atoms with E-state index in [1.54, 1.807) is 38.5 Å². The predicted octanol–water partition coefficient (Wildman–Crippen LogP) is 6.93. The van der Waals surface area contributed by atoms with Crippen LogP contribution in [0.4, 0.5) is 10.1 Å². The first kappa shape index (κ1) is 29.8. The number of ether oxygens (including phenoxy) is 2. The fourth-order valence-corrected chi connectivity index (χ4v) is 5.39. The second kappa shape index (κ2) is 13.5. The zero-order valence-corrected chi connectivity index (χ0v) is 24.7. The van der Waals surface area contributed by atoms with Crippen LogP contribution in [-0.4, -0.2) is 43.6 Å². The number of aromatic amines is 1. The summed E-state index contributed by atoms with van der Waals surface area (Å²) in [5, 5.41) is 3.50. The molecule has 43 heavy (non-hydrogen) atoms. The monoisotopic (exact) mass is 581 g/mol. The average Bonchev–Trinajstić information content (AvgIpc) is 3.02. The maximum absolute atomic E-state index is 14.4. The standard InChI is InChI=1S/C35H36FN3O4/c1-39(22-24-16-19-30(42-2)31(21-24)43-3)20-6-4-5-9-23-14-17-25(18-15-23)37-35(41)28-12-7-10-26-32(28)38-33-27(34(26)40)11-8-13-29(33)36/h7-8,10-19,21H,4-6,9,20,22H2,1-3H3,(H,37,41)(H,38,40). The lowest BCUT2D eigenvalue weighted by Gasteiger charge is -2.17. The van der Waals surface area contributed by atoms with Crippen molar-refractivity contribution in [3.8, 4) is 11.5 Å². The summed E-state index contributed by atoms with van der Waals surface area (Å²) in [6, 6.07) is 23.1. The first-order valence-electron chi connectivity index (χ1n) is 14.4. The molecular formula is C35H36FN3O4. The lowest BCUT2D eigenvalue weighted by Crippen LogP contribution is -2.19. The normalized spacial score (nSPS) is 11.3. The van der Waals surface area contributed by atoms with Gasteiger partial charge < -0.3 is 24.7 Å². The number of para-hydroxylation sites is 2. The Labute approximate surface area is 250 Å². The van der Waals surface area contributed by atoms with E-state index in [1.807, 2.05) is 36.4 Å². The number of unbranched alkanes of at least 4 members (excludes halogenated alkanes) is 2. The van der Waals surface area contributed by atoms with Crippen molar-refractivity contribution >= 4 is 33.4 Å². The van der Waals surface area contributed by atoms with Crippen LogP contribution in [0.25, 0.3) is 21.8 Å². The van der Waals surface area contributed by atoms with Gasteiger partial charge in [0.25, 0.3) is 5.91 Å². The molecular weight excluding hydrogens is 545 g/mol. The number of nitrogens with one attached hydrogen (secondary N) is 2. The molecule has 2 N–H and O–H groups in total. The molecule has 0 aliphatic rings. The number of aromatic nitrogens is 1. The molecule has 7 nitrogen and oxygen atoms in total. The second-order valence-electron chi connectivity index (χ2n) is 10.7. The number of carbonyl (C=O) groups is 1. The number of methoxy groups -OCH3 is 2. The van der Waals surface area contributed by atoms with Gasteiger partial charge in [0.15, 0.2) is 16.9 Å². The molecule has 0 unspecified atom stereocenters. The van der Waals surface area contributed by atoms with E-state index in [9.17, 15) is 14.0 Å². The highest BCUT2D eigenvalue weighted by Gasteiger charge is 2.16. The van der Waals surface area contributed by atoms with Gasteiger partial charge in [-0.1, -0.05) is 36.8 Å². The Morgan fingerprint density at radius 2 is 1.53 bits per heavy atom. The Bertz CT molecular complexity index is 1800. The van der Waals surface area contributed by atoms with Crippen LogP contribution in [0.1, 0.15) is 40.7 Å². The molecule has 0 radical (unpaired) electrons. The summed E-state index contributed by atoms with van der Waals surface area (Å²) in [5.41, 5.74) is 3.41. The molecule has 0 aliphatic carbocycles. The molecule has 5 rings (SSSR count). The first-order valence-corrected chi connectivity index (χ1v) is 14.4. The van der Waals surface area contributed by atoms with Crippen molar-refractivity contribution in [2.45, 2.75) is 32.2 Å². The van der Waals surface area contributed by atoms with Crippen LogP contribution in [0.15, 0.2) is 83.7 Å². The Morgan fingerprint density at radius 1 is 0.837 bits per heavy atom. The van der Waals surface area contributed by atoms with Gasteiger partial charge in [-0.05, 0) is 92.5 Å². The molecule has 4 aromatic carbocycles. The quantitative estimate of drug-likeness (QED) is 0.123. The summed E-state index contributed by atoms with van der Waals surface area (Å²) >= 11 is 0. The summed E-state index contributed by atoms with van der Waals surface area (Å²) in [4.78, 5) is 31.4. The molecule has 222 valence electrons. The van der Waals surface area contributed by atoms with Crippen molar-refractivity contribution < 1.29 is 18.7 Å². The smallest absolute Gasteiger partial charge is 0.257 e.